The second kappa shape index (κ2) is 7.41. The maximum absolute atomic E-state index is 12.2. The minimum Gasteiger partial charge on any atom is -0.308 e. The molecule has 0 aliphatic carbocycles. The Morgan fingerprint density at radius 1 is 1.17 bits per heavy atom. The van der Waals surface area contributed by atoms with Gasteiger partial charge in [-0.2, -0.15) is 0 Å². The van der Waals surface area contributed by atoms with Gasteiger partial charge in [-0.3, -0.25) is 10.1 Å². The minimum atomic E-state index is -0.553. The van der Waals surface area contributed by atoms with Crippen LogP contribution in [0.25, 0.3) is 10.2 Å². The summed E-state index contributed by atoms with van der Waals surface area (Å²) in [4.78, 5) is 32.5. The number of imide groups is 1. The van der Waals surface area contributed by atoms with Crippen LogP contribution in [0.4, 0.5) is 10.5 Å². The van der Waals surface area contributed by atoms with E-state index in [0.717, 1.165) is 15.2 Å². The van der Waals surface area contributed by atoms with Gasteiger partial charge >= 0.3 is 6.03 Å². The molecule has 3 amide bonds. The average Bonchev–Trinajstić information content (AvgIpc) is 3.05. The van der Waals surface area contributed by atoms with E-state index >= 15 is 0 Å². The first-order valence-electron chi connectivity index (χ1n) is 7.15. The number of carbonyl (C=O) groups excluding carboxylic acids is 2. The molecule has 0 fully saturated rings. The lowest BCUT2D eigenvalue weighted by atomic mass is 10.3. The summed E-state index contributed by atoms with van der Waals surface area (Å²) in [7, 11) is 0. The van der Waals surface area contributed by atoms with Gasteiger partial charge in [0.1, 0.15) is 11.4 Å². The van der Waals surface area contributed by atoms with Gasteiger partial charge in [0.15, 0.2) is 0 Å². The van der Waals surface area contributed by atoms with Gasteiger partial charge < -0.3 is 5.32 Å². The van der Waals surface area contributed by atoms with Crippen LogP contribution >= 0.6 is 23.1 Å². The Labute approximate surface area is 146 Å². The number of hydrogen-bond donors (Lipinski definition) is 2. The molecule has 0 aliphatic heterocycles. The van der Waals surface area contributed by atoms with Gasteiger partial charge in [-0.15, -0.1) is 11.3 Å². The van der Waals surface area contributed by atoms with E-state index in [9.17, 15) is 9.59 Å². The van der Waals surface area contributed by atoms with E-state index in [1.165, 1.54) is 29.4 Å². The number of rotatable bonds is 4. The summed E-state index contributed by atoms with van der Waals surface area (Å²) in [6.45, 7) is 1.73. The lowest BCUT2D eigenvalue weighted by Gasteiger charge is -2.11. The van der Waals surface area contributed by atoms with Crippen LogP contribution in [0.3, 0.4) is 0 Å². The molecule has 3 rings (SSSR count). The first kappa shape index (κ1) is 16.4. The van der Waals surface area contributed by atoms with E-state index in [-0.39, 0.29) is 5.91 Å². The van der Waals surface area contributed by atoms with Crippen molar-refractivity contribution in [3.63, 3.8) is 0 Å². The van der Waals surface area contributed by atoms with Crippen LogP contribution in [0, 0.1) is 0 Å². The van der Waals surface area contributed by atoms with E-state index in [1.807, 2.05) is 17.5 Å². The highest BCUT2D eigenvalue weighted by molar-refractivity contribution is 8.00. The van der Waals surface area contributed by atoms with Crippen LogP contribution in [0.1, 0.15) is 6.92 Å². The number of fused-ring (bicyclic) bond motifs is 1. The number of nitrogens with one attached hydrogen (secondary N) is 2. The van der Waals surface area contributed by atoms with Gasteiger partial charge in [-0.05, 0) is 30.5 Å². The van der Waals surface area contributed by atoms with Crippen molar-refractivity contribution in [2.45, 2.75) is 17.2 Å². The number of urea groups is 1. The first-order chi connectivity index (χ1) is 11.6. The molecule has 1 aromatic carbocycles. The summed E-state index contributed by atoms with van der Waals surface area (Å²) in [5.74, 6) is -0.378. The van der Waals surface area contributed by atoms with Gasteiger partial charge in [-0.25, -0.2) is 14.8 Å². The zero-order chi connectivity index (χ0) is 16.9. The lowest BCUT2D eigenvalue weighted by Crippen LogP contribution is -2.38. The molecule has 1 atom stereocenters. The zero-order valence-electron chi connectivity index (χ0n) is 12.7. The molecule has 0 radical (unpaired) electrons. The van der Waals surface area contributed by atoms with Gasteiger partial charge in [0.25, 0.3) is 0 Å². The second-order valence-electron chi connectivity index (χ2n) is 4.88. The zero-order valence-corrected chi connectivity index (χ0v) is 14.4. The molecule has 0 saturated heterocycles. The maximum Gasteiger partial charge on any atom is 0.325 e. The Kier molecular flexibility index (Phi) is 5.07. The van der Waals surface area contributed by atoms with Crippen molar-refractivity contribution in [3.05, 3.63) is 48.1 Å². The predicted molar refractivity (Wildman–Crippen MR) is 96.3 cm³/mol. The smallest absolute Gasteiger partial charge is 0.308 e. The van der Waals surface area contributed by atoms with E-state index in [1.54, 1.807) is 31.2 Å². The predicted octanol–water partition coefficient (Wildman–Crippen LogP) is 3.52. The van der Waals surface area contributed by atoms with E-state index in [4.69, 9.17) is 0 Å². The molecule has 0 bridgehead atoms. The second-order valence-corrected chi connectivity index (χ2v) is 7.13. The Morgan fingerprint density at radius 3 is 2.75 bits per heavy atom. The van der Waals surface area contributed by atoms with Crippen molar-refractivity contribution >= 4 is 50.9 Å². The molecule has 0 saturated carbocycles. The van der Waals surface area contributed by atoms with Crippen molar-refractivity contribution in [1.82, 2.24) is 15.3 Å². The molecule has 0 spiro atoms. The number of para-hydroxylation sites is 1. The van der Waals surface area contributed by atoms with E-state index < -0.39 is 11.3 Å². The third-order valence-corrected chi connectivity index (χ3v) is 5.28. The molecule has 8 heteroatoms. The standard InChI is InChI=1S/C16H14N4O2S2/c1-10(24-15-13-12(7-8-23-13)17-9-18-15)14(21)20-16(22)19-11-5-3-2-4-6-11/h2-10H,1H3,(H2,19,20,21,22). The minimum absolute atomic E-state index is 0.378. The third-order valence-electron chi connectivity index (χ3n) is 3.14. The van der Waals surface area contributed by atoms with Crippen LogP contribution in [0.2, 0.25) is 0 Å². The lowest BCUT2D eigenvalue weighted by molar-refractivity contribution is -0.119. The highest BCUT2D eigenvalue weighted by atomic mass is 32.2. The normalized spacial score (nSPS) is 11.9. The van der Waals surface area contributed by atoms with E-state index in [2.05, 4.69) is 20.6 Å². The third kappa shape index (κ3) is 3.90. The highest BCUT2D eigenvalue weighted by Gasteiger charge is 2.19. The summed E-state index contributed by atoms with van der Waals surface area (Å²) in [6, 6.07) is 10.3. The molecule has 2 N–H and O–H groups in total. The van der Waals surface area contributed by atoms with Gasteiger partial charge in [0.2, 0.25) is 5.91 Å². The largest absolute Gasteiger partial charge is 0.325 e. The Balaban J connectivity index is 1.60. The summed E-state index contributed by atoms with van der Waals surface area (Å²) in [5.41, 5.74) is 1.48. The molecule has 6 nitrogen and oxygen atoms in total. The molecular weight excluding hydrogens is 344 g/mol. The van der Waals surface area contributed by atoms with Crippen LogP contribution in [0.5, 0.6) is 0 Å². The highest BCUT2D eigenvalue weighted by Crippen LogP contribution is 2.31. The van der Waals surface area contributed by atoms with Crippen molar-refractivity contribution in [1.29, 1.82) is 0 Å². The molecule has 24 heavy (non-hydrogen) atoms. The summed E-state index contributed by atoms with van der Waals surface area (Å²) in [6.07, 6.45) is 1.48. The number of anilines is 1. The number of amides is 3. The molecule has 1 unspecified atom stereocenters. The fourth-order valence-corrected chi connectivity index (χ4v) is 3.81. The first-order valence-corrected chi connectivity index (χ1v) is 8.91. The summed E-state index contributed by atoms with van der Waals surface area (Å²) >= 11 is 2.83. The van der Waals surface area contributed by atoms with E-state index in [0.29, 0.717) is 5.69 Å². The molecule has 2 heterocycles. The molecule has 3 aromatic rings. The fraction of sp³-hybridized carbons (Fsp3) is 0.125. The molecule has 0 aliphatic rings. The summed E-state index contributed by atoms with van der Waals surface area (Å²) in [5, 5.41) is 7.16. The number of nitrogens with zero attached hydrogens (tertiary/aromatic N) is 2. The van der Waals surface area contributed by atoms with Crippen LogP contribution in [-0.4, -0.2) is 27.2 Å². The summed E-state index contributed by atoms with van der Waals surface area (Å²) < 4.78 is 0.941. The van der Waals surface area contributed by atoms with Crippen LogP contribution in [0.15, 0.2) is 53.1 Å². The van der Waals surface area contributed by atoms with Crippen LogP contribution in [-0.2, 0) is 4.79 Å². The quantitative estimate of drug-likeness (QED) is 0.551. The Hall–Kier alpha value is -2.45. The van der Waals surface area contributed by atoms with Crippen molar-refractivity contribution in [2.75, 3.05) is 5.32 Å². The van der Waals surface area contributed by atoms with Gasteiger partial charge in [0, 0.05) is 5.69 Å². The maximum atomic E-state index is 12.2. The fourth-order valence-electron chi connectivity index (χ4n) is 1.97. The number of benzene rings is 1. The van der Waals surface area contributed by atoms with Crippen molar-refractivity contribution in [2.24, 2.45) is 0 Å². The Morgan fingerprint density at radius 2 is 1.96 bits per heavy atom. The number of aromatic nitrogens is 2. The van der Waals surface area contributed by atoms with Crippen LogP contribution < -0.4 is 10.6 Å². The number of thioether (sulfide) groups is 1. The SMILES string of the molecule is CC(Sc1ncnc2ccsc12)C(=O)NC(=O)Nc1ccccc1. The van der Waals surface area contributed by atoms with Crippen molar-refractivity contribution in [3.8, 4) is 0 Å². The number of hydrogen-bond acceptors (Lipinski definition) is 6. The Bertz CT molecular complexity index is 867. The van der Waals surface area contributed by atoms with Gasteiger partial charge in [0.05, 0.1) is 15.5 Å². The average molecular weight is 358 g/mol. The molecule has 122 valence electrons. The van der Waals surface area contributed by atoms with Gasteiger partial charge in [-0.1, -0.05) is 30.0 Å². The molecule has 2 aromatic heterocycles. The monoisotopic (exact) mass is 358 g/mol. The molecular formula is C16H14N4O2S2. The van der Waals surface area contributed by atoms with Crippen molar-refractivity contribution < 1.29 is 9.59 Å². The topological polar surface area (TPSA) is 84.0 Å². The number of thiophene rings is 1. The number of carbonyl (C=O) groups is 2.